The second-order valence-electron chi connectivity index (χ2n) is 7.22. The standard InChI is InChI=1S/C20H25N5O2/c1-13-6-4-5-7-16(13)12-27-17-8-10-24(11-9-17)18-14(2)21-20-22-15(3)23-25(20)19(18)26/h4-7,17H,8-12H2,1-3H3,(H,21,22,23). The van der Waals surface area contributed by atoms with Crippen molar-refractivity contribution in [3.05, 3.63) is 57.3 Å². The summed E-state index contributed by atoms with van der Waals surface area (Å²) >= 11 is 0. The molecule has 0 amide bonds. The normalized spacial score (nSPS) is 15.6. The van der Waals surface area contributed by atoms with Gasteiger partial charge in [-0.25, -0.2) is 4.98 Å². The van der Waals surface area contributed by atoms with Crippen molar-refractivity contribution in [2.75, 3.05) is 18.0 Å². The minimum atomic E-state index is -0.0858. The van der Waals surface area contributed by atoms with Crippen LogP contribution >= 0.6 is 0 Å². The maximum Gasteiger partial charge on any atom is 0.297 e. The molecule has 0 spiro atoms. The molecule has 0 saturated carbocycles. The Balaban J connectivity index is 1.44. The number of benzene rings is 1. The number of rotatable bonds is 4. The molecule has 0 unspecified atom stereocenters. The fraction of sp³-hybridized carbons (Fsp3) is 0.450. The lowest BCUT2D eigenvalue weighted by Crippen LogP contribution is -2.41. The van der Waals surface area contributed by atoms with Crippen LogP contribution in [0.15, 0.2) is 29.1 Å². The van der Waals surface area contributed by atoms with Crippen molar-refractivity contribution in [1.29, 1.82) is 0 Å². The van der Waals surface area contributed by atoms with Gasteiger partial charge in [0.15, 0.2) is 0 Å². The molecular weight excluding hydrogens is 342 g/mol. The van der Waals surface area contributed by atoms with E-state index in [9.17, 15) is 4.79 Å². The summed E-state index contributed by atoms with van der Waals surface area (Å²) in [7, 11) is 0. The van der Waals surface area contributed by atoms with Gasteiger partial charge in [-0.3, -0.25) is 9.89 Å². The van der Waals surface area contributed by atoms with Crippen LogP contribution in [0.4, 0.5) is 5.69 Å². The number of hydrogen-bond acceptors (Lipinski definition) is 5. The highest BCUT2D eigenvalue weighted by Gasteiger charge is 2.24. The van der Waals surface area contributed by atoms with Gasteiger partial charge >= 0.3 is 0 Å². The molecule has 142 valence electrons. The molecule has 1 aliphatic heterocycles. The quantitative estimate of drug-likeness (QED) is 0.767. The van der Waals surface area contributed by atoms with Crippen molar-refractivity contribution < 1.29 is 4.74 Å². The van der Waals surface area contributed by atoms with E-state index in [1.54, 1.807) is 0 Å². The molecule has 1 saturated heterocycles. The largest absolute Gasteiger partial charge is 0.373 e. The highest BCUT2D eigenvalue weighted by molar-refractivity contribution is 5.52. The van der Waals surface area contributed by atoms with E-state index in [1.165, 1.54) is 15.6 Å². The molecule has 1 N–H and O–H groups in total. The number of anilines is 1. The average Bonchev–Trinajstić information content (AvgIpc) is 3.02. The lowest BCUT2D eigenvalue weighted by Gasteiger charge is -2.33. The molecule has 2 aromatic heterocycles. The van der Waals surface area contributed by atoms with Crippen LogP contribution in [0.1, 0.15) is 35.5 Å². The van der Waals surface area contributed by atoms with E-state index in [0.29, 0.717) is 23.9 Å². The maximum absolute atomic E-state index is 12.9. The Labute approximate surface area is 158 Å². The first kappa shape index (κ1) is 17.7. The number of aryl methyl sites for hydroxylation is 3. The van der Waals surface area contributed by atoms with E-state index in [-0.39, 0.29) is 11.7 Å². The number of nitrogens with one attached hydrogen (secondary N) is 1. The predicted molar refractivity (Wildman–Crippen MR) is 104 cm³/mol. The molecule has 3 aromatic rings. The van der Waals surface area contributed by atoms with Crippen LogP contribution in [0, 0.1) is 20.8 Å². The third-order valence-corrected chi connectivity index (χ3v) is 5.25. The summed E-state index contributed by atoms with van der Waals surface area (Å²) in [6.45, 7) is 8.02. The summed E-state index contributed by atoms with van der Waals surface area (Å²) in [5.41, 5.74) is 3.79. The van der Waals surface area contributed by atoms with E-state index >= 15 is 0 Å². The van der Waals surface area contributed by atoms with Gasteiger partial charge in [-0.1, -0.05) is 24.3 Å². The molecular formula is C20H25N5O2. The van der Waals surface area contributed by atoms with Gasteiger partial charge in [-0.05, 0) is 44.7 Å². The van der Waals surface area contributed by atoms with Crippen molar-refractivity contribution in [3.8, 4) is 0 Å². The van der Waals surface area contributed by atoms with Gasteiger partial charge in [0.1, 0.15) is 11.5 Å². The van der Waals surface area contributed by atoms with E-state index in [0.717, 1.165) is 31.6 Å². The minimum Gasteiger partial charge on any atom is -0.373 e. The van der Waals surface area contributed by atoms with Crippen LogP contribution in [0.25, 0.3) is 5.78 Å². The first-order valence-corrected chi connectivity index (χ1v) is 9.40. The summed E-state index contributed by atoms with van der Waals surface area (Å²) in [6.07, 6.45) is 2.01. The van der Waals surface area contributed by atoms with Gasteiger partial charge in [0.05, 0.1) is 18.4 Å². The van der Waals surface area contributed by atoms with Crippen molar-refractivity contribution in [2.45, 2.75) is 46.3 Å². The molecule has 0 radical (unpaired) electrons. The van der Waals surface area contributed by atoms with Gasteiger partial charge < -0.3 is 9.64 Å². The van der Waals surface area contributed by atoms with Crippen molar-refractivity contribution in [2.24, 2.45) is 0 Å². The van der Waals surface area contributed by atoms with Crippen LogP contribution < -0.4 is 10.5 Å². The van der Waals surface area contributed by atoms with E-state index in [1.807, 2.05) is 26.0 Å². The molecule has 1 fully saturated rings. The number of nitrogens with zero attached hydrogens (tertiary/aromatic N) is 4. The molecule has 0 aliphatic carbocycles. The summed E-state index contributed by atoms with van der Waals surface area (Å²) in [4.78, 5) is 23.7. The van der Waals surface area contributed by atoms with Crippen molar-refractivity contribution in [1.82, 2.24) is 19.6 Å². The zero-order chi connectivity index (χ0) is 19.0. The lowest BCUT2D eigenvalue weighted by molar-refractivity contribution is 0.0248. The zero-order valence-corrected chi connectivity index (χ0v) is 16.0. The van der Waals surface area contributed by atoms with Crippen molar-refractivity contribution in [3.63, 3.8) is 0 Å². The SMILES string of the molecule is Cc1nc2nc(C)c(N3CCC(OCc4ccccc4C)CC3)c(=O)n2[nH]1. The van der Waals surface area contributed by atoms with Crippen LogP contribution in [0.3, 0.4) is 0 Å². The Kier molecular flexibility index (Phi) is 4.70. The van der Waals surface area contributed by atoms with Gasteiger partial charge in [0.2, 0.25) is 0 Å². The number of fused-ring (bicyclic) bond motifs is 1. The van der Waals surface area contributed by atoms with E-state index in [4.69, 9.17) is 4.74 Å². The molecule has 1 aliphatic rings. The zero-order valence-electron chi connectivity index (χ0n) is 16.0. The molecule has 7 heteroatoms. The molecule has 1 aromatic carbocycles. The van der Waals surface area contributed by atoms with E-state index < -0.39 is 0 Å². The Bertz CT molecular complexity index is 1010. The van der Waals surface area contributed by atoms with Crippen LogP contribution in [-0.4, -0.2) is 38.8 Å². The van der Waals surface area contributed by atoms with Gasteiger partial charge in [-0.15, -0.1) is 0 Å². The number of piperidine rings is 1. The molecule has 0 atom stereocenters. The minimum absolute atomic E-state index is 0.0858. The Morgan fingerprint density at radius 1 is 1.15 bits per heavy atom. The number of aromatic nitrogens is 4. The second-order valence-corrected chi connectivity index (χ2v) is 7.22. The highest BCUT2D eigenvalue weighted by atomic mass is 16.5. The number of aromatic amines is 1. The topological polar surface area (TPSA) is 75.5 Å². The predicted octanol–water partition coefficient (Wildman–Crippen LogP) is 2.53. The van der Waals surface area contributed by atoms with Crippen LogP contribution in [0.2, 0.25) is 0 Å². The fourth-order valence-corrected chi connectivity index (χ4v) is 3.71. The third-order valence-electron chi connectivity index (χ3n) is 5.25. The number of H-pyrrole nitrogens is 1. The molecule has 4 rings (SSSR count). The first-order valence-electron chi connectivity index (χ1n) is 9.40. The van der Waals surface area contributed by atoms with Crippen LogP contribution in [0.5, 0.6) is 0 Å². The maximum atomic E-state index is 12.9. The Morgan fingerprint density at radius 2 is 1.89 bits per heavy atom. The van der Waals surface area contributed by atoms with Gasteiger partial charge in [0.25, 0.3) is 11.3 Å². The van der Waals surface area contributed by atoms with Crippen molar-refractivity contribution >= 4 is 11.5 Å². The Hall–Kier alpha value is -2.67. The first-order chi connectivity index (χ1) is 13.0. The smallest absolute Gasteiger partial charge is 0.297 e. The second kappa shape index (κ2) is 7.15. The van der Waals surface area contributed by atoms with Gasteiger partial charge in [-0.2, -0.15) is 9.50 Å². The molecule has 3 heterocycles. The summed E-state index contributed by atoms with van der Waals surface area (Å²) < 4.78 is 7.56. The lowest BCUT2D eigenvalue weighted by atomic mass is 10.1. The fourth-order valence-electron chi connectivity index (χ4n) is 3.71. The molecule has 7 nitrogen and oxygen atoms in total. The monoisotopic (exact) mass is 367 g/mol. The number of hydrogen-bond donors (Lipinski definition) is 1. The third kappa shape index (κ3) is 3.47. The number of ether oxygens (including phenoxy) is 1. The van der Waals surface area contributed by atoms with Gasteiger partial charge in [0, 0.05) is 13.1 Å². The van der Waals surface area contributed by atoms with E-state index in [2.05, 4.69) is 39.0 Å². The summed E-state index contributed by atoms with van der Waals surface area (Å²) in [5.74, 6) is 1.11. The van der Waals surface area contributed by atoms with Crippen LogP contribution in [-0.2, 0) is 11.3 Å². The Morgan fingerprint density at radius 3 is 2.63 bits per heavy atom. The average molecular weight is 367 g/mol. The molecule has 0 bridgehead atoms. The molecule has 27 heavy (non-hydrogen) atoms. The summed E-state index contributed by atoms with van der Waals surface area (Å²) in [5, 5.41) is 2.97. The summed E-state index contributed by atoms with van der Waals surface area (Å²) in [6, 6.07) is 8.31. The highest BCUT2D eigenvalue weighted by Crippen LogP contribution is 2.22.